The standard InChI is InChI=1S/C10H19F2N3S.HI/c1-2-13-10(15-7-9(11)12)14-6-8-4-3-5-16-8;/h8-9H,2-7H2,1H3,(H2,13,14,15);1H. The number of alkyl halides is 2. The molecule has 0 radical (unpaired) electrons. The summed E-state index contributed by atoms with van der Waals surface area (Å²) in [6.07, 6.45) is 0.0736. The fourth-order valence-corrected chi connectivity index (χ4v) is 2.72. The highest BCUT2D eigenvalue weighted by Crippen LogP contribution is 2.25. The summed E-state index contributed by atoms with van der Waals surface area (Å²) in [5, 5.41) is 6.65. The van der Waals surface area contributed by atoms with Gasteiger partial charge in [0.05, 0.1) is 0 Å². The molecule has 0 spiro atoms. The fourth-order valence-electron chi connectivity index (χ4n) is 1.52. The maximum atomic E-state index is 12.0. The first-order valence-electron chi connectivity index (χ1n) is 5.64. The number of hydrogen-bond acceptors (Lipinski definition) is 2. The second-order valence-electron chi connectivity index (χ2n) is 3.63. The van der Waals surface area contributed by atoms with Gasteiger partial charge in [0.25, 0.3) is 6.43 Å². The first-order valence-corrected chi connectivity index (χ1v) is 6.69. The molecule has 3 nitrogen and oxygen atoms in total. The van der Waals surface area contributed by atoms with Gasteiger partial charge in [-0.3, -0.25) is 0 Å². The van der Waals surface area contributed by atoms with E-state index in [0.717, 1.165) is 6.54 Å². The highest BCUT2D eigenvalue weighted by molar-refractivity contribution is 14.0. The van der Waals surface area contributed by atoms with Crippen LogP contribution < -0.4 is 10.6 Å². The van der Waals surface area contributed by atoms with Gasteiger partial charge in [-0.05, 0) is 25.5 Å². The van der Waals surface area contributed by atoms with Crippen LogP contribution in [0.2, 0.25) is 0 Å². The summed E-state index contributed by atoms with van der Waals surface area (Å²) in [5.74, 6) is 1.70. The molecule has 17 heavy (non-hydrogen) atoms. The molecule has 0 saturated carbocycles. The first-order chi connectivity index (χ1) is 7.72. The van der Waals surface area contributed by atoms with Gasteiger partial charge in [-0.2, -0.15) is 11.8 Å². The predicted molar refractivity (Wildman–Crippen MR) is 80.9 cm³/mol. The minimum Gasteiger partial charge on any atom is -0.357 e. The van der Waals surface area contributed by atoms with E-state index >= 15 is 0 Å². The Bertz CT molecular complexity index is 224. The Hall–Kier alpha value is 0.210. The van der Waals surface area contributed by atoms with Crippen LogP contribution in [0.5, 0.6) is 0 Å². The summed E-state index contributed by atoms with van der Waals surface area (Å²) < 4.78 is 24.0. The van der Waals surface area contributed by atoms with E-state index in [9.17, 15) is 8.78 Å². The van der Waals surface area contributed by atoms with Crippen LogP contribution in [-0.4, -0.2) is 43.0 Å². The van der Waals surface area contributed by atoms with Crippen molar-refractivity contribution in [2.45, 2.75) is 31.4 Å². The number of hydrogen-bond donors (Lipinski definition) is 2. The highest BCUT2D eigenvalue weighted by Gasteiger charge is 2.15. The Morgan fingerprint density at radius 1 is 1.47 bits per heavy atom. The van der Waals surface area contributed by atoms with Crippen molar-refractivity contribution < 1.29 is 8.78 Å². The SMILES string of the molecule is CCNC(=NCC(F)F)NCC1CCCS1.I. The third-order valence-electron chi connectivity index (χ3n) is 2.25. The molecule has 102 valence electrons. The van der Waals surface area contributed by atoms with Crippen LogP contribution in [0.3, 0.4) is 0 Å². The van der Waals surface area contributed by atoms with Gasteiger partial charge in [0, 0.05) is 18.3 Å². The van der Waals surface area contributed by atoms with Crippen LogP contribution in [-0.2, 0) is 0 Å². The van der Waals surface area contributed by atoms with Crippen molar-refractivity contribution in [1.29, 1.82) is 0 Å². The van der Waals surface area contributed by atoms with Crippen molar-refractivity contribution >= 4 is 41.7 Å². The van der Waals surface area contributed by atoms with E-state index in [-0.39, 0.29) is 24.0 Å². The van der Waals surface area contributed by atoms with Crippen molar-refractivity contribution in [2.75, 3.05) is 25.4 Å². The lowest BCUT2D eigenvalue weighted by Gasteiger charge is -2.14. The zero-order chi connectivity index (χ0) is 11.8. The minimum atomic E-state index is -2.38. The molecule has 1 fully saturated rings. The number of thioether (sulfide) groups is 1. The van der Waals surface area contributed by atoms with Crippen molar-refractivity contribution in [3.05, 3.63) is 0 Å². The van der Waals surface area contributed by atoms with Crippen molar-refractivity contribution in [3.63, 3.8) is 0 Å². The Morgan fingerprint density at radius 3 is 2.76 bits per heavy atom. The molecule has 0 aromatic carbocycles. The number of guanidine groups is 1. The lowest BCUT2D eigenvalue weighted by molar-refractivity contribution is 0.158. The normalized spacial score (nSPS) is 20.2. The van der Waals surface area contributed by atoms with E-state index in [1.807, 2.05) is 18.7 Å². The van der Waals surface area contributed by atoms with E-state index in [1.54, 1.807) is 0 Å². The van der Waals surface area contributed by atoms with Crippen molar-refractivity contribution in [2.24, 2.45) is 4.99 Å². The number of nitrogens with one attached hydrogen (secondary N) is 2. The molecular formula is C10H20F2IN3S. The molecule has 1 aliphatic rings. The molecule has 1 heterocycles. The van der Waals surface area contributed by atoms with Gasteiger partial charge >= 0.3 is 0 Å². The lowest BCUT2D eigenvalue weighted by atomic mass is 10.2. The minimum absolute atomic E-state index is 0. The van der Waals surface area contributed by atoms with Crippen LogP contribution in [0.4, 0.5) is 8.78 Å². The van der Waals surface area contributed by atoms with E-state index in [0.29, 0.717) is 17.8 Å². The lowest BCUT2D eigenvalue weighted by Crippen LogP contribution is -2.40. The average Bonchev–Trinajstić information content (AvgIpc) is 2.75. The van der Waals surface area contributed by atoms with Gasteiger partial charge in [-0.15, -0.1) is 24.0 Å². The monoisotopic (exact) mass is 379 g/mol. The Labute approximate surface area is 123 Å². The van der Waals surface area contributed by atoms with Gasteiger partial charge in [-0.1, -0.05) is 0 Å². The number of halogens is 3. The van der Waals surface area contributed by atoms with Gasteiger partial charge < -0.3 is 10.6 Å². The van der Waals surface area contributed by atoms with E-state index in [4.69, 9.17) is 0 Å². The summed E-state index contributed by atoms with van der Waals surface area (Å²) in [6.45, 7) is 2.98. The van der Waals surface area contributed by atoms with Gasteiger partial charge in [0.2, 0.25) is 0 Å². The summed E-state index contributed by atoms with van der Waals surface area (Å²) in [4.78, 5) is 3.81. The molecule has 1 unspecified atom stereocenters. The quantitative estimate of drug-likeness (QED) is 0.437. The molecule has 1 aliphatic heterocycles. The molecular weight excluding hydrogens is 359 g/mol. The largest absolute Gasteiger partial charge is 0.357 e. The van der Waals surface area contributed by atoms with Crippen LogP contribution in [0.15, 0.2) is 4.99 Å². The molecule has 1 saturated heterocycles. The molecule has 1 rings (SSSR count). The highest BCUT2D eigenvalue weighted by atomic mass is 127. The summed E-state index contributed by atoms with van der Waals surface area (Å²) >= 11 is 1.93. The summed E-state index contributed by atoms with van der Waals surface area (Å²) in [6, 6.07) is 0. The summed E-state index contributed by atoms with van der Waals surface area (Å²) in [5.41, 5.74) is 0. The average molecular weight is 379 g/mol. The van der Waals surface area contributed by atoms with Crippen LogP contribution in [0.25, 0.3) is 0 Å². The molecule has 0 aromatic heterocycles. The molecule has 0 amide bonds. The number of nitrogens with zero attached hydrogens (tertiary/aromatic N) is 1. The maximum absolute atomic E-state index is 12.0. The zero-order valence-electron chi connectivity index (χ0n) is 9.92. The number of aliphatic imine (C=N–C) groups is 1. The molecule has 0 bridgehead atoms. The van der Waals surface area contributed by atoms with Crippen LogP contribution in [0, 0.1) is 0 Å². The second-order valence-corrected chi connectivity index (χ2v) is 5.03. The Kier molecular flexibility index (Phi) is 10.3. The molecule has 0 aliphatic carbocycles. The topological polar surface area (TPSA) is 36.4 Å². The maximum Gasteiger partial charge on any atom is 0.257 e. The molecule has 2 N–H and O–H groups in total. The summed E-state index contributed by atoms with van der Waals surface area (Å²) in [7, 11) is 0. The smallest absolute Gasteiger partial charge is 0.257 e. The third kappa shape index (κ3) is 8.01. The van der Waals surface area contributed by atoms with Gasteiger partial charge in [0.15, 0.2) is 5.96 Å². The van der Waals surface area contributed by atoms with Crippen LogP contribution >= 0.6 is 35.7 Å². The molecule has 0 aromatic rings. The van der Waals surface area contributed by atoms with E-state index in [2.05, 4.69) is 15.6 Å². The van der Waals surface area contributed by atoms with Gasteiger partial charge in [-0.25, -0.2) is 13.8 Å². The zero-order valence-corrected chi connectivity index (χ0v) is 13.1. The second kappa shape index (κ2) is 10.2. The molecule has 7 heteroatoms. The van der Waals surface area contributed by atoms with E-state index < -0.39 is 13.0 Å². The van der Waals surface area contributed by atoms with Crippen molar-refractivity contribution in [1.82, 2.24) is 10.6 Å². The molecule has 1 atom stereocenters. The van der Waals surface area contributed by atoms with Crippen LogP contribution in [0.1, 0.15) is 19.8 Å². The van der Waals surface area contributed by atoms with Gasteiger partial charge in [0.1, 0.15) is 6.54 Å². The first kappa shape index (κ1) is 17.2. The third-order valence-corrected chi connectivity index (χ3v) is 3.65. The fraction of sp³-hybridized carbons (Fsp3) is 0.900. The van der Waals surface area contributed by atoms with Crippen molar-refractivity contribution in [3.8, 4) is 0 Å². The predicted octanol–water partition coefficient (Wildman–Crippen LogP) is 2.32. The Balaban J connectivity index is 0.00000256. The Morgan fingerprint density at radius 2 is 2.24 bits per heavy atom. The van der Waals surface area contributed by atoms with E-state index in [1.165, 1.54) is 18.6 Å². The number of rotatable bonds is 5.